The van der Waals surface area contributed by atoms with Crippen LogP contribution in [0, 0.1) is 0 Å². The standard InChI is InChI=1S/C5H8OS.Zn/c1-3-4(2)5(6)7;/h3H,1-2H3,(H,6,7);. The average Bonchev–Trinajstić information content (AvgIpc) is 1.65. The molecule has 0 radical (unpaired) electrons. The molecule has 0 N–H and O–H groups in total. The number of allylic oxidation sites excluding steroid dienone is 1. The number of hydrogen-bond acceptors (Lipinski definition) is 1. The van der Waals surface area contributed by atoms with Gasteiger partial charge in [-0.15, -0.1) is 12.6 Å². The molecule has 0 spiro atoms. The van der Waals surface area contributed by atoms with E-state index in [9.17, 15) is 4.79 Å². The maximum absolute atomic E-state index is 10.2. The molecule has 42 valence electrons. The molecule has 0 aliphatic carbocycles. The van der Waals surface area contributed by atoms with Crippen molar-refractivity contribution in [1.82, 2.24) is 0 Å². The summed E-state index contributed by atoms with van der Waals surface area (Å²) in [6, 6.07) is 0. The van der Waals surface area contributed by atoms with Crippen LogP contribution >= 0.6 is 12.6 Å². The van der Waals surface area contributed by atoms with Gasteiger partial charge in [-0.1, -0.05) is 6.08 Å². The van der Waals surface area contributed by atoms with Gasteiger partial charge in [-0.3, -0.25) is 4.79 Å². The molecule has 0 amide bonds. The fourth-order valence-corrected chi connectivity index (χ4v) is 0.253. The van der Waals surface area contributed by atoms with Gasteiger partial charge < -0.3 is 0 Å². The predicted octanol–water partition coefficient (Wildman–Crippen LogP) is 1.41. The molecule has 0 aliphatic heterocycles. The number of rotatable bonds is 1. The fourth-order valence-electron chi connectivity index (χ4n) is 0.123. The number of thiol groups is 1. The number of hydrogen-bond donors (Lipinski definition) is 1. The summed E-state index contributed by atoms with van der Waals surface area (Å²) in [6.45, 7) is 3.54. The molecule has 0 fully saturated rings. The summed E-state index contributed by atoms with van der Waals surface area (Å²) < 4.78 is 0. The van der Waals surface area contributed by atoms with E-state index in [2.05, 4.69) is 12.6 Å². The summed E-state index contributed by atoms with van der Waals surface area (Å²) in [5.41, 5.74) is 0.698. The van der Waals surface area contributed by atoms with E-state index in [-0.39, 0.29) is 24.6 Å². The zero-order valence-electron chi connectivity index (χ0n) is 5.14. The van der Waals surface area contributed by atoms with Crippen molar-refractivity contribution >= 4 is 17.7 Å². The Morgan fingerprint density at radius 1 is 1.62 bits per heavy atom. The normalized spacial score (nSPS) is 10.1. The molecule has 0 saturated heterocycles. The Bertz CT molecular complexity index is 109. The van der Waals surface area contributed by atoms with Gasteiger partial charge in [-0.25, -0.2) is 0 Å². The second-order valence-corrected chi connectivity index (χ2v) is 1.68. The van der Waals surface area contributed by atoms with E-state index in [1.807, 2.05) is 6.92 Å². The maximum Gasteiger partial charge on any atom is 0.211 e. The molecule has 0 unspecified atom stereocenters. The summed E-state index contributed by atoms with van der Waals surface area (Å²) in [4.78, 5) is 10.2. The third kappa shape index (κ3) is 4.54. The Morgan fingerprint density at radius 3 is 2.00 bits per heavy atom. The first-order valence-corrected chi connectivity index (χ1v) is 2.49. The first-order chi connectivity index (χ1) is 3.18. The maximum atomic E-state index is 10.2. The SMILES string of the molecule is CC=C(C)C(=O)S.[Zn]. The predicted molar refractivity (Wildman–Crippen MR) is 33.4 cm³/mol. The van der Waals surface area contributed by atoms with Gasteiger partial charge in [0.1, 0.15) is 0 Å². The zero-order chi connectivity index (χ0) is 5.86. The van der Waals surface area contributed by atoms with Crippen molar-refractivity contribution in [2.24, 2.45) is 0 Å². The van der Waals surface area contributed by atoms with Crippen LogP contribution in [0.5, 0.6) is 0 Å². The van der Waals surface area contributed by atoms with Gasteiger partial charge in [0, 0.05) is 19.5 Å². The molecule has 0 aliphatic rings. The van der Waals surface area contributed by atoms with Crippen molar-refractivity contribution in [3.8, 4) is 0 Å². The van der Waals surface area contributed by atoms with Crippen LogP contribution < -0.4 is 0 Å². The Morgan fingerprint density at radius 2 is 2.00 bits per heavy atom. The van der Waals surface area contributed by atoms with Crippen LogP contribution in [0.2, 0.25) is 0 Å². The molecule has 0 heterocycles. The molecule has 1 nitrogen and oxygen atoms in total. The van der Waals surface area contributed by atoms with Crippen LogP contribution in [0.1, 0.15) is 13.8 Å². The molecule has 0 rings (SSSR count). The van der Waals surface area contributed by atoms with Gasteiger partial charge in [0.15, 0.2) is 0 Å². The average molecular weight is 182 g/mol. The van der Waals surface area contributed by atoms with Crippen LogP contribution in [0.15, 0.2) is 11.6 Å². The Hall–Kier alpha value is 0.383. The van der Waals surface area contributed by atoms with Gasteiger partial charge in [0.2, 0.25) is 5.12 Å². The third-order valence-electron chi connectivity index (χ3n) is 0.770. The Balaban J connectivity index is 0. The van der Waals surface area contributed by atoms with Gasteiger partial charge in [0.05, 0.1) is 0 Å². The summed E-state index contributed by atoms with van der Waals surface area (Å²) in [6.07, 6.45) is 1.73. The molecule has 3 heteroatoms. The molecule has 0 aromatic carbocycles. The minimum absolute atomic E-state index is 0. The topological polar surface area (TPSA) is 17.1 Å². The fraction of sp³-hybridized carbons (Fsp3) is 0.400. The Kier molecular flexibility index (Phi) is 7.74. The third-order valence-corrected chi connectivity index (χ3v) is 1.12. The number of carbonyl (C=O) groups excluding carboxylic acids is 1. The van der Waals surface area contributed by atoms with Gasteiger partial charge in [-0.05, 0) is 19.4 Å². The van der Waals surface area contributed by atoms with E-state index in [1.165, 1.54) is 0 Å². The largest absolute Gasteiger partial charge is 0.282 e. The van der Waals surface area contributed by atoms with Gasteiger partial charge in [-0.2, -0.15) is 0 Å². The van der Waals surface area contributed by atoms with E-state index in [0.717, 1.165) is 0 Å². The molecule has 0 saturated carbocycles. The van der Waals surface area contributed by atoms with E-state index < -0.39 is 0 Å². The minimum atomic E-state index is -0.150. The first kappa shape index (κ1) is 11.2. The van der Waals surface area contributed by atoms with Gasteiger partial charge >= 0.3 is 0 Å². The first-order valence-electron chi connectivity index (χ1n) is 2.04. The summed E-state index contributed by atoms with van der Waals surface area (Å²) in [7, 11) is 0. The molecule has 0 atom stereocenters. The van der Waals surface area contributed by atoms with Crippen molar-refractivity contribution in [3.05, 3.63) is 11.6 Å². The quantitative estimate of drug-likeness (QED) is 0.368. The number of carbonyl (C=O) groups is 1. The Labute approximate surface area is 67.7 Å². The molecule has 0 aromatic heterocycles. The van der Waals surface area contributed by atoms with Gasteiger partial charge in [0.25, 0.3) is 0 Å². The van der Waals surface area contributed by atoms with E-state index in [4.69, 9.17) is 0 Å². The monoisotopic (exact) mass is 180 g/mol. The van der Waals surface area contributed by atoms with Crippen LogP contribution in [0.3, 0.4) is 0 Å². The second-order valence-electron chi connectivity index (χ2n) is 1.28. The van der Waals surface area contributed by atoms with E-state index in [1.54, 1.807) is 13.0 Å². The van der Waals surface area contributed by atoms with Crippen molar-refractivity contribution in [3.63, 3.8) is 0 Å². The molecular weight excluding hydrogens is 174 g/mol. The molecule has 0 bridgehead atoms. The van der Waals surface area contributed by atoms with Crippen LogP contribution in [-0.2, 0) is 24.3 Å². The smallest absolute Gasteiger partial charge is 0.211 e. The van der Waals surface area contributed by atoms with Crippen LogP contribution in [-0.4, -0.2) is 5.12 Å². The van der Waals surface area contributed by atoms with Crippen molar-refractivity contribution in [1.29, 1.82) is 0 Å². The van der Waals surface area contributed by atoms with E-state index in [0.29, 0.717) is 5.57 Å². The summed E-state index contributed by atoms with van der Waals surface area (Å²) >= 11 is 3.57. The van der Waals surface area contributed by atoms with Crippen molar-refractivity contribution in [2.75, 3.05) is 0 Å². The molecular formula is C5H8OSZn. The summed E-state index contributed by atoms with van der Waals surface area (Å²) in [5.74, 6) is 0. The van der Waals surface area contributed by atoms with Crippen molar-refractivity contribution in [2.45, 2.75) is 13.8 Å². The van der Waals surface area contributed by atoms with E-state index >= 15 is 0 Å². The van der Waals surface area contributed by atoms with Crippen molar-refractivity contribution < 1.29 is 24.3 Å². The van der Waals surface area contributed by atoms with Crippen LogP contribution in [0.4, 0.5) is 0 Å². The summed E-state index contributed by atoms with van der Waals surface area (Å²) in [5, 5.41) is -0.150. The van der Waals surface area contributed by atoms with Crippen LogP contribution in [0.25, 0.3) is 0 Å². The minimum Gasteiger partial charge on any atom is -0.282 e. The zero-order valence-corrected chi connectivity index (χ0v) is 9.00. The molecule has 8 heavy (non-hydrogen) atoms. The second kappa shape index (κ2) is 5.52. The molecule has 0 aromatic rings.